The summed E-state index contributed by atoms with van der Waals surface area (Å²) in [6, 6.07) is 0. The molecule has 0 heterocycles. The summed E-state index contributed by atoms with van der Waals surface area (Å²) in [5.41, 5.74) is 0. The maximum Gasteiger partial charge on any atom is -0.0352 e. The summed E-state index contributed by atoms with van der Waals surface area (Å²) in [5, 5.41) is 0. The largest absolute Gasteiger partial charge is 0.0654 e. The molecule has 202 valence electrons. The topological polar surface area (TPSA) is 0 Å². The molecule has 0 nitrogen and oxygen atoms in total. The van der Waals surface area contributed by atoms with Gasteiger partial charge in [-0.25, -0.2) is 0 Å². The second-order valence-electron chi connectivity index (χ2n) is 12.7. The maximum atomic E-state index is 2.40. The molecule has 2 fully saturated rings. The molecule has 0 heteroatoms. The Kier molecular flexibility index (Phi) is 17.0. The third-order valence-corrected chi connectivity index (χ3v) is 10.2. The molecule has 0 radical (unpaired) electrons. The first kappa shape index (κ1) is 30.2. The van der Waals surface area contributed by atoms with Gasteiger partial charge < -0.3 is 0 Å². The van der Waals surface area contributed by atoms with E-state index < -0.39 is 0 Å². The molecule has 6 unspecified atom stereocenters. The fraction of sp³-hybridized carbons (Fsp3) is 1.00. The third-order valence-electron chi connectivity index (χ3n) is 10.2. The zero-order chi connectivity index (χ0) is 24.4. The molecule has 2 rings (SSSR count). The number of hydrogen-bond donors (Lipinski definition) is 0. The van der Waals surface area contributed by atoms with Crippen molar-refractivity contribution < 1.29 is 0 Å². The molecule has 2 aliphatic carbocycles. The lowest BCUT2D eigenvalue weighted by molar-refractivity contribution is -0.0346. The van der Waals surface area contributed by atoms with Gasteiger partial charge in [0.2, 0.25) is 0 Å². The lowest BCUT2D eigenvalue weighted by Crippen LogP contribution is -2.45. The number of hydrogen-bond acceptors (Lipinski definition) is 0. The molecule has 0 aromatic rings. The van der Waals surface area contributed by atoms with Crippen molar-refractivity contribution in [3.8, 4) is 0 Å². The fourth-order valence-electron chi connectivity index (χ4n) is 8.33. The summed E-state index contributed by atoms with van der Waals surface area (Å²) in [6.45, 7) is 9.50. The molecule has 0 amide bonds. The lowest BCUT2D eigenvalue weighted by Gasteiger charge is -2.53. The fourth-order valence-corrected chi connectivity index (χ4v) is 8.33. The van der Waals surface area contributed by atoms with E-state index >= 15 is 0 Å². The van der Waals surface area contributed by atoms with Crippen molar-refractivity contribution in [1.29, 1.82) is 0 Å². The van der Waals surface area contributed by atoms with Gasteiger partial charge in [0.1, 0.15) is 0 Å². The Morgan fingerprint density at radius 1 is 0.412 bits per heavy atom. The summed E-state index contributed by atoms with van der Waals surface area (Å²) < 4.78 is 0. The van der Waals surface area contributed by atoms with E-state index in [-0.39, 0.29) is 0 Å². The first-order valence-corrected chi connectivity index (χ1v) is 16.8. The van der Waals surface area contributed by atoms with Gasteiger partial charge in [0, 0.05) is 0 Å². The van der Waals surface area contributed by atoms with Crippen LogP contribution in [0.4, 0.5) is 0 Å². The highest BCUT2D eigenvalue weighted by atomic mass is 14.5. The number of rotatable bonds is 20. The van der Waals surface area contributed by atoms with Gasteiger partial charge >= 0.3 is 0 Å². The van der Waals surface area contributed by atoms with Crippen LogP contribution in [0.1, 0.15) is 182 Å². The van der Waals surface area contributed by atoms with E-state index in [9.17, 15) is 0 Å². The molecule has 0 aromatic carbocycles. The van der Waals surface area contributed by atoms with Crippen LogP contribution in [0.3, 0.4) is 0 Å². The SMILES string of the molecule is CCCCCCCC1CCCC2C1CC(CCCCCC)C(CCCCCC)C2CCCCC. The molecule has 2 saturated carbocycles. The summed E-state index contributed by atoms with van der Waals surface area (Å²) in [7, 11) is 0. The van der Waals surface area contributed by atoms with Crippen molar-refractivity contribution in [2.45, 2.75) is 182 Å². The van der Waals surface area contributed by atoms with E-state index in [1.807, 2.05) is 0 Å². The van der Waals surface area contributed by atoms with Crippen molar-refractivity contribution in [3.63, 3.8) is 0 Å². The molecule has 0 bridgehead atoms. The molecule has 0 aliphatic heterocycles. The Morgan fingerprint density at radius 3 is 1.53 bits per heavy atom. The first-order chi connectivity index (χ1) is 16.8. The van der Waals surface area contributed by atoms with E-state index in [0.717, 1.165) is 35.5 Å². The first-order valence-electron chi connectivity index (χ1n) is 16.8. The summed E-state index contributed by atoms with van der Waals surface area (Å²) in [6.07, 6.45) is 36.0. The van der Waals surface area contributed by atoms with Gasteiger partial charge in [-0.2, -0.15) is 0 Å². The van der Waals surface area contributed by atoms with Crippen molar-refractivity contribution >= 4 is 0 Å². The van der Waals surface area contributed by atoms with Crippen LogP contribution in [0.5, 0.6) is 0 Å². The molecule has 0 saturated heterocycles. The zero-order valence-electron chi connectivity index (χ0n) is 24.4. The van der Waals surface area contributed by atoms with Crippen LogP contribution < -0.4 is 0 Å². The zero-order valence-corrected chi connectivity index (χ0v) is 24.4. The standard InChI is InChI=1S/C34H66/c1-5-9-13-16-19-22-29-24-21-27-33-32(26-17-12-8-4)31(25-20-15-11-7-3)30(28-34(29)33)23-18-14-10-6-2/h29-34H,5-28H2,1-4H3. The minimum absolute atomic E-state index is 1.06. The predicted molar refractivity (Wildman–Crippen MR) is 154 cm³/mol. The van der Waals surface area contributed by atoms with Gasteiger partial charge in [-0.1, -0.05) is 156 Å². The molecule has 2 aliphatic rings. The maximum absolute atomic E-state index is 2.40. The smallest absolute Gasteiger partial charge is 0.0352 e. The Hall–Kier alpha value is 0. The van der Waals surface area contributed by atoms with Crippen molar-refractivity contribution in [1.82, 2.24) is 0 Å². The molecular weight excluding hydrogens is 408 g/mol. The molecule has 0 spiro atoms. The Bertz CT molecular complexity index is 453. The van der Waals surface area contributed by atoms with E-state index in [1.165, 1.54) is 103 Å². The van der Waals surface area contributed by atoms with E-state index in [4.69, 9.17) is 0 Å². The molecule has 6 atom stereocenters. The highest BCUT2D eigenvalue weighted by Gasteiger charge is 2.46. The predicted octanol–water partition coefficient (Wildman–Crippen LogP) is 12.2. The minimum atomic E-state index is 1.06. The summed E-state index contributed by atoms with van der Waals surface area (Å²) in [4.78, 5) is 0. The van der Waals surface area contributed by atoms with Crippen LogP contribution in [0.15, 0.2) is 0 Å². The Balaban J connectivity index is 2.10. The second-order valence-corrected chi connectivity index (χ2v) is 12.7. The van der Waals surface area contributed by atoms with E-state index in [0.29, 0.717) is 0 Å². The Labute approximate surface area is 217 Å². The lowest BCUT2D eigenvalue weighted by atomic mass is 9.52. The second kappa shape index (κ2) is 19.2. The molecular formula is C34H66. The molecule has 0 aromatic heterocycles. The van der Waals surface area contributed by atoms with Gasteiger partial charge in [0.25, 0.3) is 0 Å². The van der Waals surface area contributed by atoms with Crippen LogP contribution in [-0.2, 0) is 0 Å². The van der Waals surface area contributed by atoms with Crippen molar-refractivity contribution in [2.75, 3.05) is 0 Å². The van der Waals surface area contributed by atoms with Crippen LogP contribution in [-0.4, -0.2) is 0 Å². The van der Waals surface area contributed by atoms with Gasteiger partial charge in [-0.15, -0.1) is 0 Å². The van der Waals surface area contributed by atoms with Crippen LogP contribution >= 0.6 is 0 Å². The van der Waals surface area contributed by atoms with E-state index in [1.54, 1.807) is 51.4 Å². The Morgan fingerprint density at radius 2 is 0.882 bits per heavy atom. The molecule has 0 N–H and O–H groups in total. The van der Waals surface area contributed by atoms with E-state index in [2.05, 4.69) is 27.7 Å². The van der Waals surface area contributed by atoms with Crippen LogP contribution in [0, 0.1) is 35.5 Å². The average molecular weight is 475 g/mol. The highest BCUT2D eigenvalue weighted by molar-refractivity contribution is 4.96. The number of fused-ring (bicyclic) bond motifs is 1. The normalized spacial score (nSPS) is 29.3. The average Bonchev–Trinajstić information content (AvgIpc) is 2.85. The van der Waals surface area contributed by atoms with Crippen LogP contribution in [0.2, 0.25) is 0 Å². The van der Waals surface area contributed by atoms with Gasteiger partial charge in [-0.3, -0.25) is 0 Å². The highest BCUT2D eigenvalue weighted by Crippen LogP contribution is 2.55. The summed E-state index contributed by atoms with van der Waals surface area (Å²) in [5.74, 6) is 6.47. The molecule has 34 heavy (non-hydrogen) atoms. The van der Waals surface area contributed by atoms with Crippen molar-refractivity contribution in [2.24, 2.45) is 35.5 Å². The van der Waals surface area contributed by atoms with Crippen LogP contribution in [0.25, 0.3) is 0 Å². The summed E-state index contributed by atoms with van der Waals surface area (Å²) >= 11 is 0. The quantitative estimate of drug-likeness (QED) is 0.154. The van der Waals surface area contributed by atoms with Crippen molar-refractivity contribution in [3.05, 3.63) is 0 Å². The monoisotopic (exact) mass is 475 g/mol. The van der Waals surface area contributed by atoms with Gasteiger partial charge in [0.05, 0.1) is 0 Å². The van der Waals surface area contributed by atoms with Gasteiger partial charge in [-0.05, 0) is 61.2 Å². The number of unbranched alkanes of at least 4 members (excludes halogenated alkanes) is 12. The minimum Gasteiger partial charge on any atom is -0.0654 e. The van der Waals surface area contributed by atoms with Gasteiger partial charge in [0.15, 0.2) is 0 Å². The third kappa shape index (κ3) is 10.5.